The van der Waals surface area contributed by atoms with Crippen LogP contribution in [0.25, 0.3) is 10.9 Å². The number of ether oxygens (including phenoxy) is 1. The van der Waals surface area contributed by atoms with E-state index in [1.165, 1.54) is 6.33 Å². The van der Waals surface area contributed by atoms with Crippen LogP contribution in [0, 0.1) is 0 Å². The van der Waals surface area contributed by atoms with Gasteiger partial charge in [0.05, 0.1) is 24.2 Å². The van der Waals surface area contributed by atoms with Crippen LogP contribution in [0.5, 0.6) is 0 Å². The molecule has 0 bridgehead atoms. The number of rotatable bonds is 3. The molecule has 1 heterocycles. The van der Waals surface area contributed by atoms with E-state index in [1.54, 1.807) is 6.92 Å². The highest BCUT2D eigenvalue weighted by Crippen LogP contribution is 2.14. The number of carbonyl (C=O) groups excluding carboxylic acids is 1. The molecule has 16 heavy (non-hydrogen) atoms. The molecule has 1 aromatic carbocycles. The molecule has 0 fully saturated rings. The second-order valence-corrected chi connectivity index (χ2v) is 3.32. The second kappa shape index (κ2) is 4.70. The fourth-order valence-corrected chi connectivity index (χ4v) is 1.55. The topological polar surface area (TPSA) is 52.1 Å². The molecule has 0 amide bonds. The Kier molecular flexibility index (Phi) is 3.10. The molecule has 0 radical (unpaired) electrons. The zero-order chi connectivity index (χ0) is 11.4. The summed E-state index contributed by atoms with van der Waals surface area (Å²) in [4.78, 5) is 19.6. The third-order valence-corrected chi connectivity index (χ3v) is 2.24. The predicted octanol–water partition coefficient (Wildman–Crippen LogP) is 1.74. The summed E-state index contributed by atoms with van der Waals surface area (Å²) >= 11 is 0. The lowest BCUT2D eigenvalue weighted by molar-refractivity contribution is -0.142. The van der Waals surface area contributed by atoms with Crippen molar-refractivity contribution in [3.63, 3.8) is 0 Å². The lowest BCUT2D eigenvalue weighted by atomic mass is 10.1. The summed E-state index contributed by atoms with van der Waals surface area (Å²) in [6.45, 7) is 2.18. The van der Waals surface area contributed by atoms with Crippen molar-refractivity contribution in [1.82, 2.24) is 9.97 Å². The molecule has 0 atom stereocenters. The minimum atomic E-state index is -0.258. The number of aromatic nitrogens is 2. The molecule has 4 heteroatoms. The average Bonchev–Trinajstić information content (AvgIpc) is 2.30. The highest BCUT2D eigenvalue weighted by atomic mass is 16.5. The number of carbonyl (C=O) groups is 1. The number of esters is 1. The summed E-state index contributed by atoms with van der Waals surface area (Å²) in [5.74, 6) is -0.258. The van der Waals surface area contributed by atoms with E-state index in [9.17, 15) is 4.79 Å². The predicted molar refractivity (Wildman–Crippen MR) is 59.9 cm³/mol. The number of nitrogens with zero attached hydrogens (tertiary/aromatic N) is 2. The van der Waals surface area contributed by atoms with Crippen molar-refractivity contribution in [2.75, 3.05) is 6.61 Å². The van der Waals surface area contributed by atoms with Crippen LogP contribution in [0.15, 0.2) is 30.6 Å². The van der Waals surface area contributed by atoms with E-state index in [0.29, 0.717) is 12.3 Å². The molecule has 0 aliphatic carbocycles. The van der Waals surface area contributed by atoms with Gasteiger partial charge in [-0.1, -0.05) is 18.2 Å². The van der Waals surface area contributed by atoms with Crippen LogP contribution in [0.2, 0.25) is 0 Å². The van der Waals surface area contributed by atoms with E-state index in [2.05, 4.69) is 9.97 Å². The Labute approximate surface area is 93.3 Å². The summed E-state index contributed by atoms with van der Waals surface area (Å²) in [5, 5.41) is 0.901. The molecule has 0 spiro atoms. The van der Waals surface area contributed by atoms with Gasteiger partial charge >= 0.3 is 5.97 Å². The standard InChI is InChI=1S/C12H12N2O2/c1-2-16-12(15)7-11-9-5-3-4-6-10(9)13-8-14-11/h3-6,8H,2,7H2,1H3. The molecule has 0 saturated heterocycles. The minimum absolute atomic E-state index is 0.191. The SMILES string of the molecule is CCOC(=O)Cc1ncnc2ccccc12. The monoisotopic (exact) mass is 216 g/mol. The quantitative estimate of drug-likeness (QED) is 0.733. The molecule has 4 nitrogen and oxygen atoms in total. The van der Waals surface area contributed by atoms with Gasteiger partial charge in [-0.3, -0.25) is 4.79 Å². The normalized spacial score (nSPS) is 10.3. The molecule has 2 rings (SSSR count). The van der Waals surface area contributed by atoms with E-state index < -0.39 is 0 Å². The first-order valence-electron chi connectivity index (χ1n) is 5.15. The van der Waals surface area contributed by atoms with E-state index in [-0.39, 0.29) is 12.4 Å². The highest BCUT2D eigenvalue weighted by Gasteiger charge is 2.08. The van der Waals surface area contributed by atoms with Gasteiger partial charge in [-0.25, -0.2) is 9.97 Å². The molecule has 0 N–H and O–H groups in total. The van der Waals surface area contributed by atoms with Gasteiger partial charge in [-0.2, -0.15) is 0 Å². The lowest BCUT2D eigenvalue weighted by Gasteiger charge is -2.04. The number of para-hydroxylation sites is 1. The van der Waals surface area contributed by atoms with Crippen LogP contribution in [0.1, 0.15) is 12.6 Å². The summed E-state index contributed by atoms with van der Waals surface area (Å²) in [7, 11) is 0. The van der Waals surface area contributed by atoms with Gasteiger partial charge in [-0.15, -0.1) is 0 Å². The largest absolute Gasteiger partial charge is 0.466 e. The summed E-state index contributed by atoms with van der Waals surface area (Å²) in [6, 6.07) is 7.61. The maximum absolute atomic E-state index is 11.4. The number of fused-ring (bicyclic) bond motifs is 1. The zero-order valence-electron chi connectivity index (χ0n) is 9.01. The molecule has 1 aromatic heterocycles. The fourth-order valence-electron chi connectivity index (χ4n) is 1.55. The van der Waals surface area contributed by atoms with Gasteiger partial charge in [0, 0.05) is 5.39 Å². The van der Waals surface area contributed by atoms with Crippen LogP contribution in [0.4, 0.5) is 0 Å². The molecular weight excluding hydrogens is 204 g/mol. The minimum Gasteiger partial charge on any atom is -0.466 e. The van der Waals surface area contributed by atoms with Gasteiger partial charge in [0.2, 0.25) is 0 Å². The molecule has 0 aliphatic heterocycles. The second-order valence-electron chi connectivity index (χ2n) is 3.32. The van der Waals surface area contributed by atoms with Crippen LogP contribution in [-0.4, -0.2) is 22.5 Å². The Balaban J connectivity index is 2.33. The Morgan fingerprint density at radius 1 is 1.31 bits per heavy atom. The Hall–Kier alpha value is -1.97. The van der Waals surface area contributed by atoms with Gasteiger partial charge in [-0.05, 0) is 13.0 Å². The number of hydrogen-bond donors (Lipinski definition) is 0. The summed E-state index contributed by atoms with van der Waals surface area (Å²) in [6.07, 6.45) is 1.66. The lowest BCUT2D eigenvalue weighted by Crippen LogP contribution is -2.09. The van der Waals surface area contributed by atoms with Crippen molar-refractivity contribution in [1.29, 1.82) is 0 Å². The van der Waals surface area contributed by atoms with Crippen LogP contribution >= 0.6 is 0 Å². The van der Waals surface area contributed by atoms with Gasteiger partial charge in [0.15, 0.2) is 0 Å². The van der Waals surface area contributed by atoms with E-state index >= 15 is 0 Å². The molecule has 0 unspecified atom stereocenters. The van der Waals surface area contributed by atoms with Crippen molar-refractivity contribution in [3.05, 3.63) is 36.3 Å². The summed E-state index contributed by atoms with van der Waals surface area (Å²) in [5.41, 5.74) is 1.56. The zero-order valence-corrected chi connectivity index (χ0v) is 9.01. The number of benzene rings is 1. The summed E-state index contributed by atoms with van der Waals surface area (Å²) < 4.78 is 4.90. The van der Waals surface area contributed by atoms with E-state index in [4.69, 9.17) is 4.74 Å². The van der Waals surface area contributed by atoms with E-state index in [0.717, 1.165) is 10.9 Å². The first-order chi connectivity index (χ1) is 7.81. The van der Waals surface area contributed by atoms with Crippen molar-refractivity contribution >= 4 is 16.9 Å². The van der Waals surface area contributed by atoms with Gasteiger partial charge < -0.3 is 4.74 Å². The Morgan fingerprint density at radius 2 is 2.12 bits per heavy atom. The third kappa shape index (κ3) is 2.16. The average molecular weight is 216 g/mol. The Morgan fingerprint density at radius 3 is 2.94 bits per heavy atom. The Bertz CT molecular complexity index is 506. The maximum Gasteiger partial charge on any atom is 0.311 e. The molecule has 82 valence electrons. The third-order valence-electron chi connectivity index (χ3n) is 2.24. The van der Waals surface area contributed by atoms with Crippen LogP contribution in [-0.2, 0) is 16.0 Å². The molecule has 0 aliphatic rings. The maximum atomic E-state index is 11.4. The first kappa shape index (κ1) is 10.5. The van der Waals surface area contributed by atoms with Crippen molar-refractivity contribution in [2.45, 2.75) is 13.3 Å². The molecule has 2 aromatic rings. The van der Waals surface area contributed by atoms with Crippen molar-refractivity contribution < 1.29 is 9.53 Å². The fraction of sp³-hybridized carbons (Fsp3) is 0.250. The van der Waals surface area contributed by atoms with Crippen LogP contribution < -0.4 is 0 Å². The van der Waals surface area contributed by atoms with Crippen molar-refractivity contribution in [3.8, 4) is 0 Å². The van der Waals surface area contributed by atoms with Gasteiger partial charge in [0.1, 0.15) is 6.33 Å². The van der Waals surface area contributed by atoms with Crippen molar-refractivity contribution in [2.24, 2.45) is 0 Å². The molecule has 0 saturated carbocycles. The smallest absolute Gasteiger partial charge is 0.311 e. The first-order valence-corrected chi connectivity index (χ1v) is 5.15. The number of hydrogen-bond acceptors (Lipinski definition) is 4. The van der Waals surface area contributed by atoms with E-state index in [1.807, 2.05) is 24.3 Å². The highest BCUT2D eigenvalue weighted by molar-refractivity contribution is 5.84. The molecular formula is C12H12N2O2. The van der Waals surface area contributed by atoms with Gasteiger partial charge in [0.25, 0.3) is 0 Å². The van der Waals surface area contributed by atoms with Crippen LogP contribution in [0.3, 0.4) is 0 Å².